The summed E-state index contributed by atoms with van der Waals surface area (Å²) in [5, 5.41) is 7.97. The van der Waals surface area contributed by atoms with Gasteiger partial charge in [-0.25, -0.2) is 0 Å². The number of likely N-dealkylation sites (tertiary alicyclic amines) is 1. The highest BCUT2D eigenvalue weighted by molar-refractivity contribution is 7.71. The average Bonchev–Trinajstić information content (AvgIpc) is 3.40. The molecule has 6 nitrogen and oxygen atoms in total. The van der Waals surface area contributed by atoms with Crippen molar-refractivity contribution in [2.45, 2.75) is 38.3 Å². The van der Waals surface area contributed by atoms with Gasteiger partial charge in [0.2, 0.25) is 5.91 Å². The first-order chi connectivity index (χ1) is 15.1. The maximum Gasteiger partial charge on any atom is 0.224 e. The van der Waals surface area contributed by atoms with Gasteiger partial charge in [-0.05, 0) is 67.4 Å². The maximum absolute atomic E-state index is 13.1. The Hall–Kier alpha value is -2.64. The minimum atomic E-state index is 0.137. The normalized spacial score (nSPS) is 15.9. The number of benzene rings is 2. The summed E-state index contributed by atoms with van der Waals surface area (Å²) in [7, 11) is 1.63. The third-order valence-corrected chi connectivity index (χ3v) is 6.45. The van der Waals surface area contributed by atoms with Crippen molar-refractivity contribution in [3.8, 4) is 17.1 Å². The lowest BCUT2D eigenvalue weighted by molar-refractivity contribution is -0.132. The number of amides is 1. The summed E-state index contributed by atoms with van der Waals surface area (Å²) in [6.07, 6.45) is 3.17. The zero-order valence-electron chi connectivity index (χ0n) is 17.4. The van der Waals surface area contributed by atoms with E-state index >= 15 is 0 Å². The molecule has 4 rings (SSSR count). The van der Waals surface area contributed by atoms with Gasteiger partial charge in [-0.3, -0.25) is 14.5 Å². The van der Waals surface area contributed by atoms with Gasteiger partial charge in [-0.2, -0.15) is 5.10 Å². The molecule has 1 aromatic heterocycles. The summed E-state index contributed by atoms with van der Waals surface area (Å²) in [6.45, 7) is 1.26. The fourth-order valence-electron chi connectivity index (χ4n) is 4.13. The molecular formula is C23H25ClN4O2S. The second-order valence-corrected chi connectivity index (χ2v) is 8.46. The highest BCUT2D eigenvalue weighted by Gasteiger charge is 2.29. The summed E-state index contributed by atoms with van der Waals surface area (Å²) in [5.74, 6) is 1.63. The van der Waals surface area contributed by atoms with Crippen molar-refractivity contribution >= 4 is 29.7 Å². The van der Waals surface area contributed by atoms with Crippen LogP contribution in [0.4, 0.5) is 0 Å². The van der Waals surface area contributed by atoms with Gasteiger partial charge < -0.3 is 9.64 Å². The number of nitrogens with one attached hydrogen (secondary N) is 1. The average molecular weight is 457 g/mol. The topological polar surface area (TPSA) is 63.1 Å². The fourth-order valence-corrected chi connectivity index (χ4v) is 4.57. The van der Waals surface area contributed by atoms with Crippen molar-refractivity contribution in [1.82, 2.24) is 19.7 Å². The van der Waals surface area contributed by atoms with Crippen LogP contribution < -0.4 is 4.74 Å². The van der Waals surface area contributed by atoms with Crippen molar-refractivity contribution in [2.24, 2.45) is 0 Å². The van der Waals surface area contributed by atoms with E-state index in [4.69, 9.17) is 28.6 Å². The first kappa shape index (κ1) is 21.6. The molecule has 0 bridgehead atoms. The highest BCUT2D eigenvalue weighted by atomic mass is 35.5. The number of carbonyl (C=O) groups excluding carboxylic acids is 1. The third-order valence-electron chi connectivity index (χ3n) is 5.77. The van der Waals surface area contributed by atoms with Crippen molar-refractivity contribution < 1.29 is 9.53 Å². The van der Waals surface area contributed by atoms with Crippen molar-refractivity contribution in [1.29, 1.82) is 0 Å². The maximum atomic E-state index is 13.1. The number of aromatic amines is 1. The van der Waals surface area contributed by atoms with E-state index in [-0.39, 0.29) is 11.9 Å². The molecule has 1 unspecified atom stereocenters. The zero-order chi connectivity index (χ0) is 21.8. The van der Waals surface area contributed by atoms with Crippen LogP contribution in [0.15, 0.2) is 48.5 Å². The predicted octanol–water partition coefficient (Wildman–Crippen LogP) is 4.89. The lowest BCUT2D eigenvalue weighted by Gasteiger charge is -2.25. The zero-order valence-corrected chi connectivity index (χ0v) is 19.0. The Morgan fingerprint density at radius 2 is 2.03 bits per heavy atom. The molecule has 0 radical (unpaired) electrons. The quantitative estimate of drug-likeness (QED) is 0.514. The van der Waals surface area contributed by atoms with E-state index in [0.717, 1.165) is 53.5 Å². The fraction of sp³-hybridized carbons (Fsp3) is 0.348. The molecule has 0 saturated carbocycles. The first-order valence-electron chi connectivity index (χ1n) is 10.4. The van der Waals surface area contributed by atoms with Gasteiger partial charge in [-0.15, -0.1) is 0 Å². The van der Waals surface area contributed by atoms with E-state index in [0.29, 0.717) is 17.7 Å². The van der Waals surface area contributed by atoms with Gasteiger partial charge in [0.05, 0.1) is 7.11 Å². The molecule has 3 aromatic rings. The lowest BCUT2D eigenvalue weighted by Crippen LogP contribution is -2.37. The van der Waals surface area contributed by atoms with Crippen LogP contribution in [0.3, 0.4) is 0 Å². The molecular weight excluding hydrogens is 432 g/mol. The number of hydrogen-bond acceptors (Lipinski definition) is 4. The number of ether oxygens (including phenoxy) is 1. The monoisotopic (exact) mass is 456 g/mol. The molecule has 162 valence electrons. The van der Waals surface area contributed by atoms with Gasteiger partial charge in [0.1, 0.15) is 5.75 Å². The number of aromatic nitrogens is 3. The number of halogens is 1. The summed E-state index contributed by atoms with van der Waals surface area (Å²) < 4.78 is 7.61. The summed E-state index contributed by atoms with van der Waals surface area (Å²) in [6, 6.07) is 15.7. The number of rotatable bonds is 7. The van der Waals surface area contributed by atoms with E-state index in [1.54, 1.807) is 7.11 Å². The Labute approximate surface area is 191 Å². The number of hydrogen-bond donors (Lipinski definition) is 1. The lowest BCUT2D eigenvalue weighted by atomic mass is 10.0. The van der Waals surface area contributed by atoms with E-state index in [1.165, 1.54) is 0 Å². The summed E-state index contributed by atoms with van der Waals surface area (Å²) in [4.78, 5) is 15.1. The molecule has 2 aromatic carbocycles. The largest absolute Gasteiger partial charge is 0.497 e. The van der Waals surface area contributed by atoms with Crippen LogP contribution in [0.5, 0.6) is 5.75 Å². The molecule has 1 saturated heterocycles. The van der Waals surface area contributed by atoms with E-state index < -0.39 is 0 Å². The Kier molecular flexibility index (Phi) is 6.73. The molecule has 0 spiro atoms. The smallest absolute Gasteiger partial charge is 0.224 e. The summed E-state index contributed by atoms with van der Waals surface area (Å²) in [5.41, 5.74) is 2.01. The number of methoxy groups -OCH3 is 1. The van der Waals surface area contributed by atoms with Crippen LogP contribution in [0.1, 0.15) is 24.8 Å². The number of carbonyl (C=O) groups is 1. The number of nitrogens with zero attached hydrogens (tertiary/aromatic N) is 3. The Morgan fingerprint density at radius 1 is 1.26 bits per heavy atom. The number of H-pyrrole nitrogens is 1. The third kappa shape index (κ3) is 4.83. The van der Waals surface area contributed by atoms with Gasteiger partial charge >= 0.3 is 0 Å². The van der Waals surface area contributed by atoms with Crippen molar-refractivity contribution in [2.75, 3.05) is 13.7 Å². The Balaban J connectivity index is 1.44. The molecule has 31 heavy (non-hydrogen) atoms. The molecule has 1 fully saturated rings. The van der Waals surface area contributed by atoms with Crippen LogP contribution in [-0.2, 0) is 17.8 Å². The minimum absolute atomic E-state index is 0.137. The Bertz CT molecular complexity index is 1110. The first-order valence-corrected chi connectivity index (χ1v) is 11.2. The summed E-state index contributed by atoms with van der Waals surface area (Å²) >= 11 is 11.7. The highest BCUT2D eigenvalue weighted by Crippen LogP contribution is 2.26. The molecule has 1 aliphatic rings. The molecule has 1 aliphatic heterocycles. The van der Waals surface area contributed by atoms with Crippen LogP contribution in [0, 0.1) is 4.77 Å². The van der Waals surface area contributed by atoms with Crippen LogP contribution in [-0.4, -0.2) is 45.3 Å². The van der Waals surface area contributed by atoms with Crippen LogP contribution in [0.25, 0.3) is 11.4 Å². The predicted molar refractivity (Wildman–Crippen MR) is 124 cm³/mol. The van der Waals surface area contributed by atoms with Gasteiger partial charge in [0, 0.05) is 36.1 Å². The van der Waals surface area contributed by atoms with E-state index in [2.05, 4.69) is 10.2 Å². The second-order valence-electron chi connectivity index (χ2n) is 7.66. The standard InChI is InChI=1S/C23H25ClN4O2S/c1-30-19-10-8-16(9-11-19)22-25-26-23(31)28(22)14-12-21(29)27-13-4-6-18(27)15-17-5-2-3-7-20(17)24/h2-3,5,7-11,18H,4,6,12-15H2,1H3,(H,26,31). The van der Waals surface area contributed by atoms with Crippen molar-refractivity contribution in [3.05, 3.63) is 63.9 Å². The molecule has 0 aliphatic carbocycles. The molecule has 2 heterocycles. The van der Waals surface area contributed by atoms with Gasteiger partial charge in [0.15, 0.2) is 10.6 Å². The Morgan fingerprint density at radius 3 is 2.77 bits per heavy atom. The molecule has 1 atom stereocenters. The van der Waals surface area contributed by atoms with E-state index in [1.807, 2.05) is 58.0 Å². The van der Waals surface area contributed by atoms with Crippen molar-refractivity contribution in [3.63, 3.8) is 0 Å². The molecule has 1 amide bonds. The SMILES string of the molecule is COc1ccc(-c2n[nH]c(=S)n2CCC(=O)N2CCCC2Cc2ccccc2Cl)cc1. The van der Waals surface area contributed by atoms with Gasteiger partial charge in [-0.1, -0.05) is 29.8 Å². The van der Waals surface area contributed by atoms with E-state index in [9.17, 15) is 4.79 Å². The molecule has 8 heteroatoms. The second kappa shape index (κ2) is 9.66. The minimum Gasteiger partial charge on any atom is -0.497 e. The molecule has 1 N–H and O–H groups in total. The van der Waals surface area contributed by atoms with Gasteiger partial charge in [0.25, 0.3) is 0 Å². The van der Waals surface area contributed by atoms with Crippen LogP contribution >= 0.6 is 23.8 Å². The van der Waals surface area contributed by atoms with Crippen LogP contribution in [0.2, 0.25) is 5.02 Å².